The predicted octanol–water partition coefficient (Wildman–Crippen LogP) is 2.50. The van der Waals surface area contributed by atoms with Gasteiger partial charge < -0.3 is 15.2 Å². The van der Waals surface area contributed by atoms with Crippen molar-refractivity contribution >= 4 is 11.7 Å². The molecule has 0 amide bonds. The van der Waals surface area contributed by atoms with Crippen LogP contribution in [0.15, 0.2) is 48.7 Å². The van der Waals surface area contributed by atoms with Crippen molar-refractivity contribution in [3.8, 4) is 5.75 Å². The first-order valence-electron chi connectivity index (χ1n) is 6.13. The summed E-state index contributed by atoms with van der Waals surface area (Å²) in [7, 11) is 1.56. The number of carbonyl (C=O) groups is 1. The summed E-state index contributed by atoms with van der Waals surface area (Å²) in [6, 6.07) is 12.3. The van der Waals surface area contributed by atoms with Crippen molar-refractivity contribution < 1.29 is 14.6 Å². The van der Waals surface area contributed by atoms with Crippen molar-refractivity contribution in [1.29, 1.82) is 0 Å². The predicted molar refractivity (Wildman–Crippen MR) is 75.8 cm³/mol. The molecule has 1 atom stereocenters. The molecular formula is C15H16N2O3. The lowest BCUT2D eigenvalue weighted by atomic mass is 9.96. The standard InChI is InChI=1S/C15H16N2O3/c1-15(14(18)19,13-8-3-4-9-16-13)17-11-6-5-7-12(10-11)20-2/h3-10,17H,1-2H3,(H,18,19). The summed E-state index contributed by atoms with van der Waals surface area (Å²) in [6.45, 7) is 1.58. The van der Waals surface area contributed by atoms with Crippen LogP contribution in [0.5, 0.6) is 5.75 Å². The van der Waals surface area contributed by atoms with Gasteiger partial charge in [-0.1, -0.05) is 12.1 Å². The monoisotopic (exact) mass is 272 g/mol. The van der Waals surface area contributed by atoms with Gasteiger partial charge >= 0.3 is 5.97 Å². The number of ether oxygens (including phenoxy) is 1. The highest BCUT2D eigenvalue weighted by atomic mass is 16.5. The van der Waals surface area contributed by atoms with E-state index in [-0.39, 0.29) is 0 Å². The molecule has 0 aliphatic heterocycles. The first-order valence-corrected chi connectivity index (χ1v) is 6.13. The molecule has 0 radical (unpaired) electrons. The molecule has 1 unspecified atom stereocenters. The minimum absolute atomic E-state index is 0.440. The van der Waals surface area contributed by atoms with E-state index in [2.05, 4.69) is 10.3 Å². The van der Waals surface area contributed by atoms with E-state index in [9.17, 15) is 9.90 Å². The normalized spacial score (nSPS) is 13.3. The topological polar surface area (TPSA) is 71.5 Å². The first kappa shape index (κ1) is 13.9. The molecule has 5 nitrogen and oxygen atoms in total. The van der Waals surface area contributed by atoms with E-state index in [1.807, 2.05) is 0 Å². The molecule has 1 aromatic carbocycles. The molecule has 2 N–H and O–H groups in total. The Bertz CT molecular complexity index is 601. The van der Waals surface area contributed by atoms with E-state index in [0.717, 1.165) is 0 Å². The number of hydrogen-bond donors (Lipinski definition) is 2. The van der Waals surface area contributed by atoms with Crippen LogP contribution in [0, 0.1) is 0 Å². The summed E-state index contributed by atoms with van der Waals surface area (Å²) < 4.78 is 5.13. The molecule has 0 spiro atoms. The minimum atomic E-state index is -1.31. The second kappa shape index (κ2) is 5.61. The Balaban J connectivity index is 2.37. The molecule has 2 aromatic rings. The van der Waals surface area contributed by atoms with Crippen LogP contribution in [-0.4, -0.2) is 23.2 Å². The molecular weight excluding hydrogens is 256 g/mol. The molecule has 2 rings (SSSR count). The number of hydrogen-bond acceptors (Lipinski definition) is 4. The summed E-state index contributed by atoms with van der Waals surface area (Å²) >= 11 is 0. The highest BCUT2D eigenvalue weighted by Gasteiger charge is 2.36. The largest absolute Gasteiger partial charge is 0.497 e. The third kappa shape index (κ3) is 2.71. The van der Waals surface area contributed by atoms with Crippen LogP contribution in [0.25, 0.3) is 0 Å². The van der Waals surface area contributed by atoms with E-state index in [1.165, 1.54) is 0 Å². The molecule has 0 saturated heterocycles. The van der Waals surface area contributed by atoms with Crippen molar-refractivity contribution in [3.05, 3.63) is 54.4 Å². The van der Waals surface area contributed by atoms with E-state index in [4.69, 9.17) is 4.74 Å². The van der Waals surface area contributed by atoms with Gasteiger partial charge in [0.1, 0.15) is 5.75 Å². The number of anilines is 1. The Kier molecular flexibility index (Phi) is 3.89. The minimum Gasteiger partial charge on any atom is -0.497 e. The SMILES string of the molecule is COc1cccc(NC(C)(C(=O)O)c2ccccn2)c1. The van der Waals surface area contributed by atoms with Gasteiger partial charge in [-0.3, -0.25) is 4.98 Å². The fraction of sp³-hybridized carbons (Fsp3) is 0.200. The number of pyridine rings is 1. The quantitative estimate of drug-likeness (QED) is 0.875. The molecule has 1 aromatic heterocycles. The Morgan fingerprint density at radius 3 is 2.70 bits per heavy atom. The molecule has 0 bridgehead atoms. The average Bonchev–Trinajstić information content (AvgIpc) is 2.48. The average molecular weight is 272 g/mol. The van der Waals surface area contributed by atoms with Crippen LogP contribution in [0.3, 0.4) is 0 Å². The molecule has 104 valence electrons. The number of benzene rings is 1. The number of rotatable bonds is 5. The third-order valence-electron chi connectivity index (χ3n) is 3.07. The third-order valence-corrected chi connectivity index (χ3v) is 3.07. The van der Waals surface area contributed by atoms with Gasteiger partial charge in [0.15, 0.2) is 5.54 Å². The van der Waals surface area contributed by atoms with Gasteiger partial charge in [-0.2, -0.15) is 0 Å². The maximum Gasteiger partial charge on any atom is 0.335 e. The number of aromatic nitrogens is 1. The molecule has 20 heavy (non-hydrogen) atoms. The molecule has 0 saturated carbocycles. The van der Waals surface area contributed by atoms with Crippen molar-refractivity contribution in [2.75, 3.05) is 12.4 Å². The summed E-state index contributed by atoms with van der Waals surface area (Å²) in [4.78, 5) is 15.8. The summed E-state index contributed by atoms with van der Waals surface area (Å²) in [5.41, 5.74) is -0.219. The van der Waals surface area contributed by atoms with E-state index < -0.39 is 11.5 Å². The number of aliphatic carboxylic acids is 1. The van der Waals surface area contributed by atoms with Gasteiger partial charge in [0.05, 0.1) is 12.8 Å². The number of carboxylic acid groups (broad SMARTS) is 1. The lowest BCUT2D eigenvalue weighted by molar-refractivity contribution is -0.142. The van der Waals surface area contributed by atoms with Gasteiger partial charge in [0.2, 0.25) is 0 Å². The van der Waals surface area contributed by atoms with Gasteiger partial charge in [0.25, 0.3) is 0 Å². The Labute approximate surface area is 117 Å². The van der Waals surface area contributed by atoms with E-state index in [1.54, 1.807) is 62.7 Å². The summed E-state index contributed by atoms with van der Waals surface area (Å²) in [6.07, 6.45) is 1.57. The van der Waals surface area contributed by atoms with Gasteiger partial charge in [-0.05, 0) is 31.2 Å². The summed E-state index contributed by atoms with van der Waals surface area (Å²) in [5.74, 6) is -0.345. The van der Waals surface area contributed by atoms with Crippen LogP contribution in [0.1, 0.15) is 12.6 Å². The zero-order valence-electron chi connectivity index (χ0n) is 11.3. The zero-order valence-corrected chi connectivity index (χ0v) is 11.3. The van der Waals surface area contributed by atoms with Crippen molar-refractivity contribution in [2.45, 2.75) is 12.5 Å². The maximum atomic E-state index is 11.6. The fourth-order valence-electron chi connectivity index (χ4n) is 1.88. The van der Waals surface area contributed by atoms with Crippen molar-refractivity contribution in [1.82, 2.24) is 4.98 Å². The number of nitrogens with zero attached hydrogens (tertiary/aromatic N) is 1. The Morgan fingerprint density at radius 2 is 2.10 bits per heavy atom. The Morgan fingerprint density at radius 1 is 1.30 bits per heavy atom. The maximum absolute atomic E-state index is 11.6. The smallest absolute Gasteiger partial charge is 0.335 e. The number of nitrogens with one attached hydrogen (secondary N) is 1. The number of methoxy groups -OCH3 is 1. The highest BCUT2D eigenvalue weighted by Crippen LogP contribution is 2.27. The molecule has 0 fully saturated rings. The van der Waals surface area contributed by atoms with Crippen molar-refractivity contribution in [3.63, 3.8) is 0 Å². The van der Waals surface area contributed by atoms with Crippen LogP contribution >= 0.6 is 0 Å². The molecule has 1 heterocycles. The fourth-order valence-corrected chi connectivity index (χ4v) is 1.88. The van der Waals surface area contributed by atoms with E-state index >= 15 is 0 Å². The van der Waals surface area contributed by atoms with Crippen LogP contribution in [0.2, 0.25) is 0 Å². The number of carboxylic acids is 1. The molecule has 0 aliphatic carbocycles. The lowest BCUT2D eigenvalue weighted by Crippen LogP contribution is -2.41. The second-order valence-electron chi connectivity index (χ2n) is 4.50. The molecule has 0 aliphatic rings. The van der Waals surface area contributed by atoms with Crippen molar-refractivity contribution in [2.24, 2.45) is 0 Å². The van der Waals surface area contributed by atoms with Crippen LogP contribution in [0.4, 0.5) is 5.69 Å². The summed E-state index contributed by atoms with van der Waals surface area (Å²) in [5, 5.41) is 12.5. The lowest BCUT2D eigenvalue weighted by Gasteiger charge is -2.27. The molecule has 5 heteroatoms. The van der Waals surface area contributed by atoms with Gasteiger partial charge in [-0.25, -0.2) is 4.79 Å². The first-order chi connectivity index (χ1) is 9.56. The van der Waals surface area contributed by atoms with Crippen LogP contribution in [-0.2, 0) is 10.3 Å². The zero-order chi connectivity index (χ0) is 14.6. The van der Waals surface area contributed by atoms with Gasteiger partial charge in [-0.15, -0.1) is 0 Å². The van der Waals surface area contributed by atoms with E-state index in [0.29, 0.717) is 17.1 Å². The highest BCUT2D eigenvalue weighted by molar-refractivity contribution is 5.83. The second-order valence-corrected chi connectivity index (χ2v) is 4.50. The van der Waals surface area contributed by atoms with Gasteiger partial charge in [0, 0.05) is 18.0 Å². The van der Waals surface area contributed by atoms with Crippen LogP contribution < -0.4 is 10.1 Å². The Hall–Kier alpha value is -2.56.